The molecule has 2 rings (SSSR count). The second kappa shape index (κ2) is 14.3. The van der Waals surface area contributed by atoms with Gasteiger partial charge in [-0.3, -0.25) is 9.59 Å². The monoisotopic (exact) mass is 466 g/mol. The largest absolute Gasteiger partial charge is 0.452 e. The van der Waals surface area contributed by atoms with E-state index in [1.807, 2.05) is 74.5 Å². The molecule has 2 aromatic rings. The Morgan fingerprint density at radius 1 is 0.647 bits per heavy atom. The van der Waals surface area contributed by atoms with Gasteiger partial charge in [0.25, 0.3) is 11.8 Å². The average molecular weight is 467 g/mol. The van der Waals surface area contributed by atoms with Crippen LogP contribution in [0.5, 0.6) is 0 Å². The normalized spacial score (nSPS) is 10.5. The molecule has 0 radical (unpaired) electrons. The molecule has 8 heteroatoms. The zero-order valence-corrected chi connectivity index (χ0v) is 19.5. The van der Waals surface area contributed by atoms with Crippen molar-refractivity contribution in [3.05, 3.63) is 83.9 Å². The zero-order chi connectivity index (χ0) is 24.8. The van der Waals surface area contributed by atoms with E-state index >= 15 is 0 Å². The molecule has 0 aliphatic carbocycles. The average Bonchev–Trinajstić information content (AvgIpc) is 2.87. The van der Waals surface area contributed by atoms with Gasteiger partial charge in [-0.25, -0.2) is 9.59 Å². The topological polar surface area (TPSA) is 93.2 Å². The molecule has 0 unspecified atom stereocenters. The summed E-state index contributed by atoms with van der Waals surface area (Å²) in [6.45, 7) is 4.51. The smallest absolute Gasteiger partial charge is 0.331 e. The van der Waals surface area contributed by atoms with Gasteiger partial charge in [0.2, 0.25) is 0 Å². The van der Waals surface area contributed by atoms with Crippen molar-refractivity contribution < 1.29 is 28.7 Å². The predicted molar refractivity (Wildman–Crippen MR) is 126 cm³/mol. The molecule has 180 valence electrons. The van der Waals surface area contributed by atoms with Crippen LogP contribution in [0.2, 0.25) is 0 Å². The third kappa shape index (κ3) is 9.28. The maximum atomic E-state index is 12.3. The second-order valence-corrected chi connectivity index (χ2v) is 7.34. The molecule has 0 aliphatic heterocycles. The van der Waals surface area contributed by atoms with Crippen molar-refractivity contribution in [2.75, 3.05) is 26.3 Å². The van der Waals surface area contributed by atoms with Gasteiger partial charge >= 0.3 is 11.9 Å². The van der Waals surface area contributed by atoms with E-state index in [0.717, 1.165) is 23.3 Å². The van der Waals surface area contributed by atoms with Crippen LogP contribution in [-0.4, -0.2) is 59.9 Å². The van der Waals surface area contributed by atoms with Crippen molar-refractivity contribution in [1.82, 2.24) is 9.80 Å². The number of likely N-dealkylation sites (N-methyl/N-ethyl adjacent to an activating group) is 2. The Balaban J connectivity index is 1.73. The van der Waals surface area contributed by atoms with Crippen molar-refractivity contribution in [3.63, 3.8) is 0 Å². The molecule has 0 aliphatic rings. The molecule has 0 heterocycles. The van der Waals surface area contributed by atoms with E-state index in [9.17, 15) is 19.2 Å². The molecule has 0 N–H and O–H groups in total. The number of hydrogen-bond acceptors (Lipinski definition) is 6. The Kier molecular flexibility index (Phi) is 11.0. The Morgan fingerprint density at radius 3 is 1.32 bits per heavy atom. The summed E-state index contributed by atoms with van der Waals surface area (Å²) < 4.78 is 9.84. The molecule has 2 amide bonds. The Morgan fingerprint density at radius 2 is 1.00 bits per heavy atom. The molecule has 0 atom stereocenters. The fourth-order valence-electron chi connectivity index (χ4n) is 3.04. The van der Waals surface area contributed by atoms with Crippen molar-refractivity contribution in [1.29, 1.82) is 0 Å². The minimum Gasteiger partial charge on any atom is -0.452 e. The first-order valence-electron chi connectivity index (χ1n) is 11.1. The first-order chi connectivity index (χ1) is 16.4. The summed E-state index contributed by atoms with van der Waals surface area (Å²) in [7, 11) is 0. The number of amides is 2. The van der Waals surface area contributed by atoms with Crippen molar-refractivity contribution in [2.24, 2.45) is 0 Å². The van der Waals surface area contributed by atoms with Crippen LogP contribution < -0.4 is 0 Å². The molecule has 0 fully saturated rings. The van der Waals surface area contributed by atoms with E-state index in [2.05, 4.69) is 0 Å². The summed E-state index contributed by atoms with van der Waals surface area (Å²) in [5.74, 6) is -2.41. The van der Waals surface area contributed by atoms with Gasteiger partial charge in [-0.2, -0.15) is 0 Å². The van der Waals surface area contributed by atoms with Gasteiger partial charge in [-0.05, 0) is 25.0 Å². The van der Waals surface area contributed by atoms with Gasteiger partial charge in [-0.15, -0.1) is 0 Å². The third-order valence-corrected chi connectivity index (χ3v) is 4.93. The number of benzene rings is 2. The maximum absolute atomic E-state index is 12.3. The highest BCUT2D eigenvalue weighted by molar-refractivity contribution is 5.93. The SMILES string of the molecule is CCN(Cc1ccccc1)C(=O)COC(=O)C=CC(=O)OCC(=O)N(CC)Cc1ccccc1. The number of ether oxygens (including phenoxy) is 2. The quantitative estimate of drug-likeness (QED) is 0.353. The van der Waals surface area contributed by atoms with E-state index in [0.29, 0.717) is 26.2 Å². The van der Waals surface area contributed by atoms with E-state index in [1.165, 1.54) is 0 Å². The number of hydrogen-bond donors (Lipinski definition) is 0. The number of esters is 2. The van der Waals surface area contributed by atoms with E-state index in [-0.39, 0.29) is 11.8 Å². The van der Waals surface area contributed by atoms with E-state index < -0.39 is 25.2 Å². The summed E-state index contributed by atoms with van der Waals surface area (Å²) >= 11 is 0. The highest BCUT2D eigenvalue weighted by atomic mass is 16.5. The van der Waals surface area contributed by atoms with Crippen molar-refractivity contribution in [2.45, 2.75) is 26.9 Å². The van der Waals surface area contributed by atoms with Gasteiger partial charge in [0.1, 0.15) is 0 Å². The molecular formula is C26H30N2O6. The Bertz CT molecular complexity index is 896. The van der Waals surface area contributed by atoms with Gasteiger partial charge in [-0.1, -0.05) is 60.7 Å². The third-order valence-electron chi connectivity index (χ3n) is 4.93. The highest BCUT2D eigenvalue weighted by Gasteiger charge is 2.15. The Labute approximate surface area is 199 Å². The zero-order valence-electron chi connectivity index (χ0n) is 19.5. The molecular weight excluding hydrogens is 436 g/mol. The van der Waals surface area contributed by atoms with Gasteiger partial charge in [0, 0.05) is 38.3 Å². The summed E-state index contributed by atoms with van der Waals surface area (Å²) in [6, 6.07) is 18.9. The first kappa shape index (κ1) is 26.3. The summed E-state index contributed by atoms with van der Waals surface area (Å²) in [6.07, 6.45) is 1.74. The van der Waals surface area contributed by atoms with Gasteiger partial charge in [0.05, 0.1) is 0 Å². The number of nitrogens with zero attached hydrogens (tertiary/aromatic N) is 2. The van der Waals surface area contributed by atoms with Crippen LogP contribution >= 0.6 is 0 Å². The van der Waals surface area contributed by atoms with Crippen LogP contribution in [0.4, 0.5) is 0 Å². The number of carbonyl (C=O) groups is 4. The predicted octanol–water partition coefficient (Wildman–Crippen LogP) is 2.73. The summed E-state index contributed by atoms with van der Waals surface area (Å²) in [4.78, 5) is 51.4. The lowest BCUT2D eigenvalue weighted by Crippen LogP contribution is -2.34. The van der Waals surface area contributed by atoms with Gasteiger partial charge < -0.3 is 19.3 Å². The molecule has 0 bridgehead atoms. The fraction of sp³-hybridized carbons (Fsp3) is 0.308. The number of carbonyl (C=O) groups excluding carboxylic acids is 4. The Hall–Kier alpha value is -3.94. The molecule has 0 saturated carbocycles. The van der Waals surface area contributed by atoms with Crippen LogP contribution in [0.3, 0.4) is 0 Å². The lowest BCUT2D eigenvalue weighted by molar-refractivity contribution is -0.149. The molecule has 0 spiro atoms. The minimum absolute atomic E-state index is 0.348. The maximum Gasteiger partial charge on any atom is 0.331 e. The molecule has 0 saturated heterocycles. The number of rotatable bonds is 12. The van der Waals surface area contributed by atoms with Crippen molar-refractivity contribution in [3.8, 4) is 0 Å². The van der Waals surface area contributed by atoms with E-state index in [4.69, 9.17) is 9.47 Å². The van der Waals surface area contributed by atoms with Crippen LogP contribution in [0.1, 0.15) is 25.0 Å². The highest BCUT2D eigenvalue weighted by Crippen LogP contribution is 2.06. The first-order valence-corrected chi connectivity index (χ1v) is 11.1. The molecule has 8 nitrogen and oxygen atoms in total. The van der Waals surface area contributed by atoms with Crippen molar-refractivity contribution >= 4 is 23.8 Å². The summed E-state index contributed by atoms with van der Waals surface area (Å²) in [5.41, 5.74) is 1.93. The van der Waals surface area contributed by atoms with Crippen LogP contribution in [-0.2, 0) is 41.7 Å². The molecule has 34 heavy (non-hydrogen) atoms. The minimum atomic E-state index is -0.855. The molecule has 2 aromatic carbocycles. The lowest BCUT2D eigenvalue weighted by atomic mass is 10.2. The van der Waals surface area contributed by atoms with Gasteiger partial charge in [0.15, 0.2) is 13.2 Å². The standard InChI is InChI=1S/C26H30N2O6/c1-3-27(17-21-11-7-5-8-12-21)23(29)19-33-25(31)15-16-26(32)34-20-24(30)28(4-2)18-22-13-9-6-10-14-22/h5-16H,3-4,17-20H2,1-2H3. The lowest BCUT2D eigenvalue weighted by Gasteiger charge is -2.20. The van der Waals surface area contributed by atoms with E-state index in [1.54, 1.807) is 9.80 Å². The molecule has 0 aromatic heterocycles. The summed E-state index contributed by atoms with van der Waals surface area (Å²) in [5, 5.41) is 0. The van der Waals surface area contributed by atoms with Crippen LogP contribution in [0.25, 0.3) is 0 Å². The fourth-order valence-corrected chi connectivity index (χ4v) is 3.04. The second-order valence-electron chi connectivity index (χ2n) is 7.34. The van der Waals surface area contributed by atoms with Crippen LogP contribution in [0.15, 0.2) is 72.8 Å². The van der Waals surface area contributed by atoms with Crippen LogP contribution in [0, 0.1) is 0 Å².